The molecular weight excluding hydrogens is 356 g/mol. The molecule has 1 heterocycles. The van der Waals surface area contributed by atoms with Crippen LogP contribution in [-0.2, 0) is 13.1 Å². The lowest BCUT2D eigenvalue weighted by atomic mass is 10.1. The fraction of sp³-hybridized carbons (Fsp3) is 0.238. The van der Waals surface area contributed by atoms with E-state index in [1.807, 2.05) is 49.4 Å². The predicted molar refractivity (Wildman–Crippen MR) is 108 cm³/mol. The standard InChI is InChI=1S/C21H24N4O3/c1-14-4-7-16(8-5-14)20-25-17(13-28-20)12-24-21(22)23-11-15-6-9-18(26-2)19(10-15)27-3/h4-10,13H,11-12H2,1-3H3,(H3,22,23,24). The summed E-state index contributed by atoms with van der Waals surface area (Å²) in [4.78, 5) is 8.82. The Morgan fingerprint density at radius 3 is 2.57 bits per heavy atom. The van der Waals surface area contributed by atoms with Crippen LogP contribution in [0, 0.1) is 6.92 Å². The molecule has 7 nitrogen and oxygen atoms in total. The molecule has 1 aromatic heterocycles. The van der Waals surface area contributed by atoms with E-state index in [-0.39, 0.29) is 0 Å². The fourth-order valence-corrected chi connectivity index (χ4v) is 2.61. The van der Waals surface area contributed by atoms with Crippen molar-refractivity contribution in [3.8, 4) is 23.0 Å². The van der Waals surface area contributed by atoms with Crippen LogP contribution in [0.3, 0.4) is 0 Å². The van der Waals surface area contributed by atoms with Gasteiger partial charge in [0.05, 0.1) is 33.0 Å². The van der Waals surface area contributed by atoms with Gasteiger partial charge in [0.1, 0.15) is 6.26 Å². The summed E-state index contributed by atoms with van der Waals surface area (Å²) in [7, 11) is 3.20. The molecule has 146 valence electrons. The number of rotatable bonds is 7. The Morgan fingerprint density at radius 1 is 1.11 bits per heavy atom. The molecule has 0 aliphatic carbocycles. The third kappa shape index (κ3) is 4.82. The van der Waals surface area contributed by atoms with E-state index in [1.165, 1.54) is 5.56 Å². The second-order valence-electron chi connectivity index (χ2n) is 6.25. The molecule has 2 aromatic carbocycles. The van der Waals surface area contributed by atoms with Crippen molar-refractivity contribution >= 4 is 5.96 Å². The largest absolute Gasteiger partial charge is 0.493 e. The van der Waals surface area contributed by atoms with Gasteiger partial charge in [0.15, 0.2) is 17.5 Å². The molecule has 3 aromatic rings. The summed E-state index contributed by atoms with van der Waals surface area (Å²) < 4.78 is 16.1. The number of aromatic nitrogens is 1. The van der Waals surface area contributed by atoms with E-state index in [9.17, 15) is 0 Å². The number of ether oxygens (including phenoxy) is 2. The first-order chi connectivity index (χ1) is 13.6. The third-order valence-electron chi connectivity index (χ3n) is 4.18. The topological polar surface area (TPSA) is 94.9 Å². The molecule has 0 aliphatic rings. The van der Waals surface area contributed by atoms with Crippen LogP contribution in [0.1, 0.15) is 16.8 Å². The highest BCUT2D eigenvalue weighted by Crippen LogP contribution is 2.27. The van der Waals surface area contributed by atoms with Gasteiger partial charge in [0, 0.05) is 5.56 Å². The Morgan fingerprint density at radius 2 is 1.86 bits per heavy atom. The Bertz CT molecular complexity index is 949. The second-order valence-corrected chi connectivity index (χ2v) is 6.25. The summed E-state index contributed by atoms with van der Waals surface area (Å²) in [6.07, 6.45) is 1.61. The van der Waals surface area contributed by atoms with E-state index in [0.717, 1.165) is 16.8 Å². The van der Waals surface area contributed by atoms with Crippen LogP contribution in [0.2, 0.25) is 0 Å². The van der Waals surface area contributed by atoms with Crippen molar-refractivity contribution in [2.24, 2.45) is 10.7 Å². The van der Waals surface area contributed by atoms with Gasteiger partial charge in [-0.15, -0.1) is 0 Å². The van der Waals surface area contributed by atoms with E-state index in [0.29, 0.717) is 36.4 Å². The monoisotopic (exact) mass is 380 g/mol. The zero-order valence-corrected chi connectivity index (χ0v) is 16.2. The van der Waals surface area contributed by atoms with Gasteiger partial charge in [-0.2, -0.15) is 0 Å². The number of nitrogens with one attached hydrogen (secondary N) is 1. The zero-order chi connectivity index (χ0) is 19.9. The summed E-state index contributed by atoms with van der Waals surface area (Å²) >= 11 is 0. The maximum absolute atomic E-state index is 5.96. The van der Waals surface area contributed by atoms with Crippen molar-refractivity contribution in [3.63, 3.8) is 0 Å². The quantitative estimate of drug-likeness (QED) is 0.482. The summed E-state index contributed by atoms with van der Waals surface area (Å²) in [5.41, 5.74) is 9.80. The molecule has 0 amide bonds. The lowest BCUT2D eigenvalue weighted by Gasteiger charge is -2.09. The van der Waals surface area contributed by atoms with Crippen molar-refractivity contribution in [2.75, 3.05) is 14.2 Å². The molecule has 7 heteroatoms. The summed E-state index contributed by atoms with van der Waals surface area (Å²) in [5, 5.41) is 3.04. The fourth-order valence-electron chi connectivity index (χ4n) is 2.61. The van der Waals surface area contributed by atoms with E-state index in [4.69, 9.17) is 19.6 Å². The Hall–Kier alpha value is -3.48. The molecule has 28 heavy (non-hydrogen) atoms. The molecule has 0 fully saturated rings. The van der Waals surface area contributed by atoms with Crippen molar-refractivity contribution in [3.05, 3.63) is 65.5 Å². The van der Waals surface area contributed by atoms with Gasteiger partial charge in [-0.25, -0.2) is 9.98 Å². The van der Waals surface area contributed by atoms with Crippen molar-refractivity contribution < 1.29 is 13.9 Å². The van der Waals surface area contributed by atoms with E-state index < -0.39 is 0 Å². The molecule has 3 N–H and O–H groups in total. The minimum Gasteiger partial charge on any atom is -0.493 e. The van der Waals surface area contributed by atoms with Crippen LogP contribution in [0.4, 0.5) is 0 Å². The van der Waals surface area contributed by atoms with E-state index >= 15 is 0 Å². The Balaban J connectivity index is 1.57. The average molecular weight is 380 g/mol. The number of aliphatic imine (C=N–C) groups is 1. The Labute approximate surface area is 164 Å². The van der Waals surface area contributed by atoms with Gasteiger partial charge in [-0.05, 0) is 36.8 Å². The van der Waals surface area contributed by atoms with Crippen LogP contribution in [0.25, 0.3) is 11.5 Å². The highest BCUT2D eigenvalue weighted by atomic mass is 16.5. The normalized spacial score (nSPS) is 11.3. The second kappa shape index (κ2) is 8.94. The minimum atomic E-state index is 0.328. The molecule has 0 spiro atoms. The summed E-state index contributed by atoms with van der Waals surface area (Å²) in [6.45, 7) is 2.89. The molecule has 0 bridgehead atoms. The van der Waals surface area contributed by atoms with Crippen LogP contribution in [0.5, 0.6) is 11.5 Å². The highest BCUT2D eigenvalue weighted by Gasteiger charge is 2.07. The van der Waals surface area contributed by atoms with E-state index in [1.54, 1.807) is 20.5 Å². The first-order valence-electron chi connectivity index (χ1n) is 8.85. The number of methoxy groups -OCH3 is 2. The van der Waals surface area contributed by atoms with Gasteiger partial charge < -0.3 is 24.9 Å². The Kier molecular flexibility index (Phi) is 6.16. The smallest absolute Gasteiger partial charge is 0.226 e. The number of oxazole rings is 1. The molecule has 0 radical (unpaired) electrons. The number of nitrogens with two attached hydrogens (primary N) is 1. The molecule has 0 saturated heterocycles. The molecular formula is C21H24N4O3. The van der Waals surface area contributed by atoms with Gasteiger partial charge in [-0.1, -0.05) is 23.8 Å². The van der Waals surface area contributed by atoms with Crippen LogP contribution >= 0.6 is 0 Å². The maximum atomic E-state index is 5.96. The maximum Gasteiger partial charge on any atom is 0.226 e. The zero-order valence-electron chi connectivity index (χ0n) is 16.2. The molecule has 0 aliphatic heterocycles. The number of hydrogen-bond donors (Lipinski definition) is 2. The van der Waals surface area contributed by atoms with Gasteiger partial charge >= 0.3 is 0 Å². The van der Waals surface area contributed by atoms with Crippen LogP contribution < -0.4 is 20.5 Å². The van der Waals surface area contributed by atoms with Crippen LogP contribution in [0.15, 0.2) is 58.1 Å². The third-order valence-corrected chi connectivity index (χ3v) is 4.18. The van der Waals surface area contributed by atoms with Crippen LogP contribution in [-0.4, -0.2) is 25.2 Å². The van der Waals surface area contributed by atoms with Crippen molar-refractivity contribution in [1.29, 1.82) is 0 Å². The predicted octanol–water partition coefficient (Wildman–Crippen LogP) is 3.27. The van der Waals surface area contributed by atoms with Gasteiger partial charge in [0.2, 0.25) is 5.89 Å². The summed E-state index contributed by atoms with van der Waals surface area (Å²) in [6, 6.07) is 13.7. The highest BCUT2D eigenvalue weighted by molar-refractivity contribution is 5.77. The molecule has 0 atom stereocenters. The SMILES string of the molecule is COc1ccc(CN=C(N)NCc2coc(-c3ccc(C)cc3)n2)cc1OC. The van der Waals surface area contributed by atoms with Gasteiger partial charge in [-0.3, -0.25) is 0 Å². The number of nitrogens with zero attached hydrogens (tertiary/aromatic N) is 2. The lowest BCUT2D eigenvalue weighted by Crippen LogP contribution is -2.31. The van der Waals surface area contributed by atoms with Crippen molar-refractivity contribution in [1.82, 2.24) is 10.3 Å². The van der Waals surface area contributed by atoms with E-state index in [2.05, 4.69) is 15.3 Å². The molecule has 0 unspecified atom stereocenters. The first kappa shape index (κ1) is 19.3. The average Bonchev–Trinajstić information content (AvgIpc) is 3.20. The molecule has 0 saturated carbocycles. The van der Waals surface area contributed by atoms with Gasteiger partial charge in [0.25, 0.3) is 0 Å². The number of benzene rings is 2. The minimum absolute atomic E-state index is 0.328. The summed E-state index contributed by atoms with van der Waals surface area (Å²) in [5.74, 6) is 2.25. The first-order valence-corrected chi connectivity index (χ1v) is 8.85. The molecule has 3 rings (SSSR count). The van der Waals surface area contributed by atoms with Crippen molar-refractivity contribution in [2.45, 2.75) is 20.0 Å². The number of guanidine groups is 1. The number of aryl methyl sites for hydroxylation is 1. The lowest BCUT2D eigenvalue weighted by molar-refractivity contribution is 0.354. The number of hydrogen-bond acceptors (Lipinski definition) is 5.